The molecule has 0 heterocycles. The molecule has 2 aliphatic carbocycles. The lowest BCUT2D eigenvalue weighted by Crippen LogP contribution is -2.42. The molecule has 0 aliphatic heterocycles. The SMILES string of the molecule is Br.CC1(C)C2CCC1(CS(=O)(=O)O)C(=O)C2. The Balaban J connectivity index is 0.00000128. The highest BCUT2D eigenvalue weighted by atomic mass is 79.9. The summed E-state index contributed by atoms with van der Waals surface area (Å²) >= 11 is 0. The normalized spacial score (nSPS) is 36.2. The number of fused-ring (bicyclic) bond motifs is 2. The third-order valence-electron chi connectivity index (χ3n) is 4.57. The molecule has 94 valence electrons. The van der Waals surface area contributed by atoms with E-state index in [4.69, 9.17) is 4.55 Å². The molecule has 0 amide bonds. The lowest BCUT2D eigenvalue weighted by Gasteiger charge is -2.35. The van der Waals surface area contributed by atoms with Crippen LogP contribution in [0.5, 0.6) is 0 Å². The van der Waals surface area contributed by atoms with Gasteiger partial charge < -0.3 is 0 Å². The largest absolute Gasteiger partial charge is 0.299 e. The number of carbonyl (C=O) groups excluding carboxylic acids is 1. The van der Waals surface area contributed by atoms with E-state index in [1.54, 1.807) is 0 Å². The lowest BCUT2D eigenvalue weighted by atomic mass is 9.70. The Morgan fingerprint density at radius 1 is 1.44 bits per heavy atom. The Morgan fingerprint density at radius 2 is 2.00 bits per heavy atom. The summed E-state index contributed by atoms with van der Waals surface area (Å²) < 4.78 is 31.0. The first-order valence-electron chi connectivity index (χ1n) is 5.17. The maximum Gasteiger partial charge on any atom is 0.265 e. The van der Waals surface area contributed by atoms with Crippen LogP contribution in [0, 0.1) is 16.7 Å². The fourth-order valence-electron chi connectivity index (χ4n) is 3.42. The minimum Gasteiger partial charge on any atom is -0.299 e. The average Bonchev–Trinajstić information content (AvgIpc) is 2.34. The van der Waals surface area contributed by atoms with Crippen molar-refractivity contribution >= 4 is 32.9 Å². The van der Waals surface area contributed by atoms with E-state index in [1.165, 1.54) is 0 Å². The first kappa shape index (κ1) is 14.1. The van der Waals surface area contributed by atoms with Gasteiger partial charge in [-0.2, -0.15) is 8.42 Å². The van der Waals surface area contributed by atoms with Gasteiger partial charge in [0.1, 0.15) is 5.78 Å². The summed E-state index contributed by atoms with van der Waals surface area (Å²) in [6.07, 6.45) is 1.97. The van der Waals surface area contributed by atoms with Crippen molar-refractivity contribution in [2.24, 2.45) is 16.7 Å². The molecule has 2 saturated carbocycles. The standard InChI is InChI=1S/C10H16O4S.BrH/c1-9(2)7-3-4-10(9,8(11)5-7)6-15(12,13)14;/h7H,3-6H2,1-2H3,(H,12,13,14);1H. The van der Waals surface area contributed by atoms with Crippen molar-refractivity contribution < 1.29 is 17.8 Å². The molecule has 4 nitrogen and oxygen atoms in total. The Bertz CT molecular complexity index is 415. The second-order valence-corrected chi connectivity index (χ2v) is 6.85. The summed E-state index contributed by atoms with van der Waals surface area (Å²) in [5, 5.41) is 0. The van der Waals surface area contributed by atoms with Gasteiger partial charge in [-0.15, -0.1) is 17.0 Å². The predicted molar refractivity (Wildman–Crippen MR) is 65.3 cm³/mol. The van der Waals surface area contributed by atoms with Crippen LogP contribution in [0.15, 0.2) is 0 Å². The molecule has 0 aromatic carbocycles. The number of hydrogen-bond acceptors (Lipinski definition) is 3. The van der Waals surface area contributed by atoms with E-state index in [0.29, 0.717) is 12.8 Å². The molecule has 1 N–H and O–H groups in total. The quantitative estimate of drug-likeness (QED) is 0.790. The maximum absolute atomic E-state index is 11.9. The van der Waals surface area contributed by atoms with Crippen LogP contribution in [-0.2, 0) is 14.9 Å². The van der Waals surface area contributed by atoms with E-state index < -0.39 is 21.3 Å². The Kier molecular flexibility index (Phi) is 3.34. The minimum atomic E-state index is -4.08. The number of Topliss-reactive ketones (excluding diaryl/α,β-unsaturated/α-hetero) is 1. The zero-order valence-electron chi connectivity index (χ0n) is 9.39. The van der Waals surface area contributed by atoms with E-state index in [-0.39, 0.29) is 34.1 Å². The number of rotatable bonds is 2. The number of halogens is 1. The van der Waals surface area contributed by atoms with Crippen LogP contribution < -0.4 is 0 Å². The van der Waals surface area contributed by atoms with Gasteiger partial charge in [-0.3, -0.25) is 9.35 Å². The predicted octanol–water partition coefficient (Wildman–Crippen LogP) is 1.85. The Hall–Kier alpha value is 0.0600. The van der Waals surface area contributed by atoms with Crippen molar-refractivity contribution in [2.45, 2.75) is 33.1 Å². The molecule has 2 atom stereocenters. The molecule has 2 rings (SSSR count). The maximum atomic E-state index is 11.9. The molecule has 2 aliphatic rings. The third kappa shape index (κ3) is 1.75. The summed E-state index contributed by atoms with van der Waals surface area (Å²) in [4.78, 5) is 11.9. The highest BCUT2D eigenvalue weighted by Gasteiger charge is 2.65. The number of carbonyl (C=O) groups is 1. The molecule has 16 heavy (non-hydrogen) atoms. The monoisotopic (exact) mass is 312 g/mol. The van der Waals surface area contributed by atoms with Gasteiger partial charge in [0.2, 0.25) is 0 Å². The molecular formula is C10H17BrO4S. The molecule has 6 heteroatoms. The number of ketones is 1. The molecule has 0 radical (unpaired) electrons. The molecule has 0 aromatic heterocycles. The summed E-state index contributed by atoms with van der Waals surface area (Å²) in [5.41, 5.74) is -1.12. The summed E-state index contributed by atoms with van der Waals surface area (Å²) in [7, 11) is -4.08. The highest BCUT2D eigenvalue weighted by molar-refractivity contribution is 8.93. The van der Waals surface area contributed by atoms with Crippen LogP contribution in [0.1, 0.15) is 33.1 Å². The van der Waals surface area contributed by atoms with Crippen molar-refractivity contribution in [3.8, 4) is 0 Å². The van der Waals surface area contributed by atoms with E-state index in [2.05, 4.69) is 0 Å². The lowest BCUT2D eigenvalue weighted by molar-refractivity contribution is -0.128. The smallest absolute Gasteiger partial charge is 0.265 e. The van der Waals surface area contributed by atoms with Crippen molar-refractivity contribution in [2.75, 3.05) is 5.75 Å². The average molecular weight is 313 g/mol. The van der Waals surface area contributed by atoms with Gasteiger partial charge in [0, 0.05) is 6.42 Å². The van der Waals surface area contributed by atoms with Crippen LogP contribution in [0.3, 0.4) is 0 Å². The molecule has 2 fully saturated rings. The summed E-state index contributed by atoms with van der Waals surface area (Å²) in [6, 6.07) is 0. The molecular weight excluding hydrogens is 296 g/mol. The summed E-state index contributed by atoms with van der Waals surface area (Å²) in [5.74, 6) is -0.101. The van der Waals surface area contributed by atoms with Gasteiger partial charge in [0.05, 0.1) is 11.2 Å². The van der Waals surface area contributed by atoms with E-state index in [0.717, 1.165) is 6.42 Å². The molecule has 2 bridgehead atoms. The second-order valence-electron chi connectivity index (χ2n) is 5.39. The van der Waals surface area contributed by atoms with Crippen molar-refractivity contribution in [1.82, 2.24) is 0 Å². The third-order valence-corrected chi connectivity index (χ3v) is 5.43. The molecule has 2 unspecified atom stereocenters. The van der Waals surface area contributed by atoms with Crippen molar-refractivity contribution in [1.29, 1.82) is 0 Å². The van der Waals surface area contributed by atoms with Crippen molar-refractivity contribution in [3.63, 3.8) is 0 Å². The summed E-state index contributed by atoms with van der Waals surface area (Å²) in [6.45, 7) is 3.89. The van der Waals surface area contributed by atoms with Crippen LogP contribution >= 0.6 is 17.0 Å². The fraction of sp³-hybridized carbons (Fsp3) is 0.900. The Labute approximate surface area is 106 Å². The van der Waals surface area contributed by atoms with Crippen LogP contribution in [0.4, 0.5) is 0 Å². The molecule has 0 aromatic rings. The van der Waals surface area contributed by atoms with E-state index >= 15 is 0 Å². The second kappa shape index (κ2) is 3.78. The first-order chi connectivity index (χ1) is 6.69. The van der Waals surface area contributed by atoms with Crippen molar-refractivity contribution in [3.05, 3.63) is 0 Å². The van der Waals surface area contributed by atoms with Gasteiger partial charge in [-0.25, -0.2) is 0 Å². The van der Waals surface area contributed by atoms with Gasteiger partial charge in [-0.05, 0) is 24.2 Å². The highest BCUT2D eigenvalue weighted by Crippen LogP contribution is 2.64. The van der Waals surface area contributed by atoms with E-state index in [9.17, 15) is 13.2 Å². The fourth-order valence-corrected chi connectivity index (χ4v) is 4.72. The minimum absolute atomic E-state index is 0. The molecule has 0 saturated heterocycles. The van der Waals surface area contributed by atoms with Crippen LogP contribution in [0.25, 0.3) is 0 Å². The molecule has 0 spiro atoms. The van der Waals surface area contributed by atoms with Gasteiger partial charge in [-0.1, -0.05) is 13.8 Å². The first-order valence-corrected chi connectivity index (χ1v) is 6.78. The van der Waals surface area contributed by atoms with E-state index in [1.807, 2.05) is 13.8 Å². The number of hydrogen-bond donors (Lipinski definition) is 1. The Morgan fingerprint density at radius 3 is 2.31 bits per heavy atom. The van der Waals surface area contributed by atoms with Gasteiger partial charge in [0.15, 0.2) is 0 Å². The van der Waals surface area contributed by atoms with Gasteiger partial charge >= 0.3 is 0 Å². The topological polar surface area (TPSA) is 71.4 Å². The zero-order valence-corrected chi connectivity index (χ0v) is 11.9. The zero-order chi connectivity index (χ0) is 11.5. The van der Waals surface area contributed by atoms with Gasteiger partial charge in [0.25, 0.3) is 10.1 Å². The van der Waals surface area contributed by atoms with Crippen LogP contribution in [0.2, 0.25) is 0 Å². The van der Waals surface area contributed by atoms with Crippen LogP contribution in [-0.4, -0.2) is 24.5 Å².